The fourth-order valence-electron chi connectivity index (χ4n) is 2.53. The molecule has 1 amide bonds. The van der Waals surface area contributed by atoms with Crippen molar-refractivity contribution < 1.29 is 17.6 Å². The Morgan fingerprint density at radius 1 is 1.32 bits per heavy atom. The largest absolute Gasteiger partial charge is 0.417 e. The maximum absolute atomic E-state index is 12.9. The fraction of sp³-hybridized carbons (Fsp3) is 0.176. The van der Waals surface area contributed by atoms with Gasteiger partial charge in [0.1, 0.15) is 9.92 Å². The number of aromatic nitrogens is 1. The van der Waals surface area contributed by atoms with Crippen molar-refractivity contribution in [1.82, 2.24) is 9.88 Å². The summed E-state index contributed by atoms with van der Waals surface area (Å²) in [5, 5.41) is -0.228. The first-order valence-electron chi connectivity index (χ1n) is 7.91. The predicted molar refractivity (Wildman–Crippen MR) is 109 cm³/mol. The number of anilines is 1. The van der Waals surface area contributed by atoms with Gasteiger partial charge >= 0.3 is 5.76 Å². The van der Waals surface area contributed by atoms with Gasteiger partial charge in [0.25, 0.3) is 10.0 Å². The number of sulfonamides is 1. The van der Waals surface area contributed by atoms with Gasteiger partial charge in [-0.15, -0.1) is 0 Å². The van der Waals surface area contributed by atoms with Crippen molar-refractivity contribution in [2.45, 2.75) is 11.3 Å². The van der Waals surface area contributed by atoms with Crippen LogP contribution >= 0.6 is 27.5 Å². The van der Waals surface area contributed by atoms with E-state index in [4.69, 9.17) is 16.0 Å². The lowest BCUT2D eigenvalue weighted by Gasteiger charge is -2.13. The highest BCUT2D eigenvalue weighted by Crippen LogP contribution is 2.36. The molecule has 0 saturated carbocycles. The fourth-order valence-corrected chi connectivity index (χ4v) is 5.45. The number of aromatic amines is 1. The van der Waals surface area contributed by atoms with Crippen molar-refractivity contribution in [2.24, 2.45) is 0 Å². The number of nitrogens with one attached hydrogen (secondary N) is 2. The topological polar surface area (TPSA) is 112 Å². The number of halogens is 2. The summed E-state index contributed by atoms with van der Waals surface area (Å²) in [4.78, 5) is 26.9. The van der Waals surface area contributed by atoms with E-state index in [9.17, 15) is 18.0 Å². The van der Waals surface area contributed by atoms with Crippen molar-refractivity contribution in [2.75, 3.05) is 18.8 Å². The van der Waals surface area contributed by atoms with Gasteiger partial charge in [-0.1, -0.05) is 23.7 Å². The molecule has 3 aromatic rings. The normalized spacial score (nSPS) is 11.6. The Bertz CT molecular complexity index is 1230. The van der Waals surface area contributed by atoms with E-state index < -0.39 is 15.8 Å². The second-order valence-electron chi connectivity index (χ2n) is 6.16. The highest BCUT2D eigenvalue weighted by atomic mass is 79.9. The predicted octanol–water partition coefficient (Wildman–Crippen LogP) is 2.97. The summed E-state index contributed by atoms with van der Waals surface area (Å²) in [5.41, 5.74) is 1.13. The summed E-state index contributed by atoms with van der Waals surface area (Å²) >= 11 is 9.37. The zero-order valence-corrected chi connectivity index (χ0v) is 17.9. The summed E-state index contributed by atoms with van der Waals surface area (Å²) in [6.07, 6.45) is 0.132. The van der Waals surface area contributed by atoms with Crippen LogP contribution in [0.25, 0.3) is 11.1 Å². The van der Waals surface area contributed by atoms with Gasteiger partial charge in [0.05, 0.1) is 11.9 Å². The average Bonchev–Trinajstić information content (AvgIpc) is 2.94. The zero-order valence-electron chi connectivity index (χ0n) is 14.7. The number of amides is 1. The van der Waals surface area contributed by atoms with Crippen molar-refractivity contribution in [3.63, 3.8) is 0 Å². The van der Waals surface area contributed by atoms with Gasteiger partial charge in [0, 0.05) is 24.3 Å². The number of oxazole rings is 1. The Hall–Kier alpha value is -2.30. The molecule has 0 unspecified atom stereocenters. The van der Waals surface area contributed by atoms with Crippen LogP contribution in [0.2, 0.25) is 5.02 Å². The lowest BCUT2D eigenvalue weighted by Crippen LogP contribution is -2.23. The number of benzene rings is 2. The maximum Gasteiger partial charge on any atom is 0.417 e. The Labute approximate surface area is 173 Å². The Balaban J connectivity index is 1.98. The number of fused-ring (bicyclic) bond motifs is 1. The lowest BCUT2D eigenvalue weighted by molar-refractivity contribution is -0.127. The van der Waals surface area contributed by atoms with E-state index in [2.05, 4.69) is 25.6 Å². The molecule has 0 aliphatic carbocycles. The van der Waals surface area contributed by atoms with Gasteiger partial charge in [0.2, 0.25) is 5.91 Å². The van der Waals surface area contributed by atoms with Crippen LogP contribution in [0.3, 0.4) is 0 Å². The second kappa shape index (κ2) is 7.61. The number of hydrogen-bond acceptors (Lipinski definition) is 5. The van der Waals surface area contributed by atoms with Crippen molar-refractivity contribution >= 4 is 60.2 Å². The first-order chi connectivity index (χ1) is 13.1. The highest BCUT2D eigenvalue weighted by molar-refractivity contribution is 9.10. The number of rotatable bonds is 5. The molecular weight excluding hydrogens is 474 g/mol. The third-order valence-electron chi connectivity index (χ3n) is 3.86. The van der Waals surface area contributed by atoms with Crippen LogP contribution < -0.4 is 10.5 Å². The summed E-state index contributed by atoms with van der Waals surface area (Å²) in [7, 11) is -0.833. The second-order valence-corrected chi connectivity index (χ2v) is 9.02. The Morgan fingerprint density at radius 3 is 2.71 bits per heavy atom. The summed E-state index contributed by atoms with van der Waals surface area (Å²) < 4.78 is 33.3. The number of H-pyrrole nitrogens is 1. The Kier molecular flexibility index (Phi) is 5.55. The minimum absolute atomic E-state index is 0.0550. The smallest absolute Gasteiger partial charge is 0.406 e. The first kappa shape index (κ1) is 20.4. The van der Waals surface area contributed by atoms with Gasteiger partial charge in [-0.25, -0.2) is 13.2 Å². The molecule has 0 atom stereocenters. The molecule has 0 spiro atoms. The molecule has 3 rings (SSSR count). The molecule has 1 aromatic heterocycles. The molecule has 0 saturated heterocycles. The number of carbonyl (C=O) groups excluding carboxylic acids is 1. The zero-order chi connectivity index (χ0) is 20.6. The van der Waals surface area contributed by atoms with E-state index in [0.717, 1.165) is 0 Å². The van der Waals surface area contributed by atoms with Gasteiger partial charge in [-0.05, 0) is 39.7 Å². The van der Waals surface area contributed by atoms with Crippen LogP contribution in [0.15, 0.2) is 48.9 Å². The van der Waals surface area contributed by atoms with Crippen LogP contribution in [0.4, 0.5) is 5.69 Å². The maximum atomic E-state index is 12.9. The third kappa shape index (κ3) is 4.08. The quantitative estimate of drug-likeness (QED) is 0.573. The molecule has 0 aliphatic rings. The molecule has 1 heterocycles. The van der Waals surface area contributed by atoms with E-state index >= 15 is 0 Å². The van der Waals surface area contributed by atoms with Crippen LogP contribution in [0.1, 0.15) is 5.56 Å². The van der Waals surface area contributed by atoms with Crippen LogP contribution in [0.5, 0.6) is 0 Å². The molecule has 11 heteroatoms. The molecule has 8 nitrogen and oxygen atoms in total. The van der Waals surface area contributed by atoms with Gasteiger partial charge in [0.15, 0.2) is 5.58 Å². The van der Waals surface area contributed by atoms with E-state index in [1.165, 1.54) is 11.0 Å². The summed E-state index contributed by atoms with van der Waals surface area (Å²) in [6.45, 7) is 0. The average molecular weight is 489 g/mol. The van der Waals surface area contributed by atoms with Crippen LogP contribution in [0, 0.1) is 0 Å². The van der Waals surface area contributed by atoms with Crippen LogP contribution in [-0.2, 0) is 21.2 Å². The minimum Gasteiger partial charge on any atom is -0.406 e. The van der Waals surface area contributed by atoms with E-state index in [0.29, 0.717) is 5.56 Å². The molecule has 2 aromatic carbocycles. The number of nitrogens with zero attached hydrogens (tertiary/aromatic N) is 1. The number of carbonyl (C=O) groups is 1. The van der Waals surface area contributed by atoms with Crippen LogP contribution in [-0.4, -0.2) is 38.3 Å². The summed E-state index contributed by atoms with van der Waals surface area (Å²) in [5.74, 6) is -0.858. The number of hydrogen-bond donors (Lipinski definition) is 2. The van der Waals surface area contributed by atoms with E-state index in [1.807, 2.05) is 0 Å². The molecule has 2 N–H and O–H groups in total. The van der Waals surface area contributed by atoms with Gasteiger partial charge in [-0.2, -0.15) is 0 Å². The number of likely N-dealkylation sites (N-methyl/N-ethyl adjacent to an activating group) is 1. The Morgan fingerprint density at radius 2 is 2.04 bits per heavy atom. The molecule has 148 valence electrons. The molecule has 0 aliphatic heterocycles. The monoisotopic (exact) mass is 487 g/mol. The third-order valence-corrected chi connectivity index (χ3v) is 6.69. The van der Waals surface area contributed by atoms with Gasteiger partial charge in [-0.3, -0.25) is 14.5 Å². The molecule has 0 fully saturated rings. The highest BCUT2D eigenvalue weighted by Gasteiger charge is 2.26. The van der Waals surface area contributed by atoms with E-state index in [1.54, 1.807) is 38.4 Å². The molecule has 0 bridgehead atoms. The standard InChI is InChI=1S/C17H15BrClN3O5S/c1-22(2)13(23)7-9-4-3-5-10(6-9)21-28(25,26)16-11(18)8-12-15(14(16)19)27-17(24)20-12/h3-6,8,21H,7H2,1-2H3,(H,20,24). The SMILES string of the molecule is CN(C)C(=O)Cc1cccc(NS(=O)(=O)c2c(Br)cc3[nH]c(=O)oc3c2Cl)c1. The lowest BCUT2D eigenvalue weighted by atomic mass is 10.1. The molecule has 0 radical (unpaired) electrons. The summed E-state index contributed by atoms with van der Waals surface area (Å²) in [6, 6.07) is 7.88. The van der Waals surface area contributed by atoms with Gasteiger partial charge < -0.3 is 9.32 Å². The molecular formula is C17H15BrClN3O5S. The first-order valence-corrected chi connectivity index (χ1v) is 10.6. The van der Waals surface area contributed by atoms with Crippen molar-refractivity contribution in [1.29, 1.82) is 0 Å². The van der Waals surface area contributed by atoms with Crippen molar-refractivity contribution in [3.8, 4) is 0 Å². The van der Waals surface area contributed by atoms with E-state index in [-0.39, 0.29) is 43.5 Å². The molecule has 28 heavy (non-hydrogen) atoms. The minimum atomic E-state index is -4.12. The van der Waals surface area contributed by atoms with Crippen molar-refractivity contribution in [3.05, 3.63) is 55.9 Å².